The first-order valence-corrected chi connectivity index (χ1v) is 8.79. The first-order valence-electron chi connectivity index (χ1n) is 8.41. The molecule has 152 valence electrons. The monoisotopic (exact) mass is 418 g/mol. The third-order valence-corrected chi connectivity index (χ3v) is 3.62. The summed E-state index contributed by atoms with van der Waals surface area (Å²) < 4.78 is 10.4. The smallest absolute Gasteiger partial charge is 0.259 e. The average Bonchev–Trinajstić information content (AvgIpc) is 2.71. The van der Waals surface area contributed by atoms with E-state index in [0.717, 1.165) is 0 Å². The lowest BCUT2D eigenvalue weighted by atomic mass is 10.2. The van der Waals surface area contributed by atoms with Crippen molar-refractivity contribution < 1.29 is 23.9 Å². The normalized spacial score (nSPS) is 10.4. The van der Waals surface area contributed by atoms with Gasteiger partial charge in [-0.1, -0.05) is 23.7 Å². The molecular formula is C19H19ClN4O5. The highest BCUT2D eigenvalue weighted by molar-refractivity contribution is 6.32. The molecule has 0 aromatic heterocycles. The molecule has 9 nitrogen and oxygen atoms in total. The SMILES string of the molecule is NC(=O)COc1ccc(/C=N\NC(=O)CNC(=O)COc2ccccc2Cl)cc1. The Kier molecular flexibility index (Phi) is 8.46. The van der Waals surface area contributed by atoms with Gasteiger partial charge < -0.3 is 20.5 Å². The predicted molar refractivity (Wildman–Crippen MR) is 107 cm³/mol. The molecule has 0 unspecified atom stereocenters. The van der Waals surface area contributed by atoms with Gasteiger partial charge in [0.25, 0.3) is 17.7 Å². The van der Waals surface area contributed by atoms with Crippen LogP contribution in [0.5, 0.6) is 11.5 Å². The summed E-state index contributed by atoms with van der Waals surface area (Å²) in [4.78, 5) is 34.1. The molecule has 0 saturated heterocycles. The second-order valence-corrected chi connectivity index (χ2v) is 6.02. The summed E-state index contributed by atoms with van der Waals surface area (Å²) in [7, 11) is 0. The van der Waals surface area contributed by atoms with Crippen LogP contribution < -0.4 is 25.9 Å². The standard InChI is InChI=1S/C19H19ClN4O5/c20-15-3-1-2-4-16(15)29-12-19(27)22-10-18(26)24-23-9-13-5-7-14(8-6-13)28-11-17(21)25/h1-9H,10-12H2,(H2,21,25)(H,22,27)(H,24,26)/b23-9-. The largest absolute Gasteiger partial charge is 0.484 e. The lowest BCUT2D eigenvalue weighted by Crippen LogP contribution is -2.37. The number of ether oxygens (including phenoxy) is 2. The highest BCUT2D eigenvalue weighted by atomic mass is 35.5. The summed E-state index contributed by atoms with van der Waals surface area (Å²) in [6.45, 7) is -0.745. The Labute approximate surface area is 171 Å². The molecule has 0 heterocycles. The van der Waals surface area contributed by atoms with Gasteiger partial charge >= 0.3 is 0 Å². The van der Waals surface area contributed by atoms with Crippen LogP contribution in [0.3, 0.4) is 0 Å². The number of nitrogens with zero attached hydrogens (tertiary/aromatic N) is 1. The minimum absolute atomic E-state index is 0.210. The van der Waals surface area contributed by atoms with Gasteiger partial charge in [-0.05, 0) is 42.0 Å². The van der Waals surface area contributed by atoms with Gasteiger partial charge in [0.1, 0.15) is 11.5 Å². The maximum absolute atomic E-state index is 11.7. The lowest BCUT2D eigenvalue weighted by molar-refractivity contribution is -0.127. The molecule has 0 aliphatic rings. The van der Waals surface area contributed by atoms with Crippen LogP contribution in [0, 0.1) is 0 Å². The Bertz CT molecular complexity index is 886. The molecular weight excluding hydrogens is 400 g/mol. The highest BCUT2D eigenvalue weighted by Crippen LogP contribution is 2.22. The third kappa shape index (κ3) is 8.31. The van der Waals surface area contributed by atoms with E-state index >= 15 is 0 Å². The molecule has 4 N–H and O–H groups in total. The second kappa shape index (κ2) is 11.3. The van der Waals surface area contributed by atoms with Gasteiger partial charge in [0.2, 0.25) is 0 Å². The van der Waals surface area contributed by atoms with Crippen molar-refractivity contribution in [2.45, 2.75) is 0 Å². The number of nitrogens with one attached hydrogen (secondary N) is 2. The van der Waals surface area contributed by atoms with Crippen molar-refractivity contribution in [3.8, 4) is 11.5 Å². The average molecular weight is 419 g/mol. The van der Waals surface area contributed by atoms with Crippen LogP contribution in [-0.2, 0) is 14.4 Å². The van der Waals surface area contributed by atoms with Crippen LogP contribution in [0.25, 0.3) is 0 Å². The van der Waals surface area contributed by atoms with E-state index in [1.54, 1.807) is 48.5 Å². The number of hydrogen-bond acceptors (Lipinski definition) is 6. The van der Waals surface area contributed by atoms with Crippen molar-refractivity contribution >= 4 is 35.5 Å². The van der Waals surface area contributed by atoms with E-state index in [1.807, 2.05) is 0 Å². The number of halogens is 1. The van der Waals surface area contributed by atoms with Crippen LogP contribution in [0.15, 0.2) is 53.6 Å². The molecule has 29 heavy (non-hydrogen) atoms. The summed E-state index contributed by atoms with van der Waals surface area (Å²) in [5, 5.41) is 6.58. The summed E-state index contributed by atoms with van der Waals surface area (Å²) in [6, 6.07) is 13.4. The summed E-state index contributed by atoms with van der Waals surface area (Å²) >= 11 is 5.92. The molecule has 3 amide bonds. The van der Waals surface area contributed by atoms with Crippen LogP contribution >= 0.6 is 11.6 Å². The van der Waals surface area contributed by atoms with Crippen molar-refractivity contribution in [2.75, 3.05) is 19.8 Å². The number of hydrazone groups is 1. The maximum Gasteiger partial charge on any atom is 0.259 e. The molecule has 0 radical (unpaired) electrons. The zero-order valence-corrected chi connectivity index (χ0v) is 16.0. The van der Waals surface area contributed by atoms with Crippen LogP contribution in [0.1, 0.15) is 5.56 Å². The summed E-state index contributed by atoms with van der Waals surface area (Å²) in [6.07, 6.45) is 1.41. The number of amides is 3. The van der Waals surface area contributed by atoms with E-state index in [-0.39, 0.29) is 19.8 Å². The first kappa shape index (κ1) is 21.7. The lowest BCUT2D eigenvalue weighted by Gasteiger charge is -2.08. The Balaban J connectivity index is 1.67. The minimum atomic E-state index is -0.569. The van der Waals surface area contributed by atoms with Gasteiger partial charge in [-0.15, -0.1) is 0 Å². The van der Waals surface area contributed by atoms with Crippen molar-refractivity contribution in [2.24, 2.45) is 10.8 Å². The second-order valence-electron chi connectivity index (χ2n) is 5.61. The van der Waals surface area contributed by atoms with E-state index in [9.17, 15) is 14.4 Å². The molecule has 0 spiro atoms. The molecule has 0 saturated carbocycles. The number of para-hydroxylation sites is 1. The topological polar surface area (TPSA) is 132 Å². The van der Waals surface area contributed by atoms with Crippen LogP contribution in [0.2, 0.25) is 5.02 Å². The van der Waals surface area contributed by atoms with E-state index in [4.69, 9.17) is 26.8 Å². The fourth-order valence-electron chi connectivity index (χ4n) is 1.96. The molecule has 0 bridgehead atoms. The summed E-state index contributed by atoms with van der Waals surface area (Å²) in [5.74, 6) is -0.693. The first-order chi connectivity index (χ1) is 13.9. The van der Waals surface area contributed by atoms with Gasteiger partial charge in [0.15, 0.2) is 13.2 Å². The molecule has 2 aromatic carbocycles. The number of nitrogens with two attached hydrogens (primary N) is 1. The van der Waals surface area contributed by atoms with Gasteiger partial charge in [-0.25, -0.2) is 5.43 Å². The van der Waals surface area contributed by atoms with Gasteiger partial charge in [0, 0.05) is 0 Å². The fourth-order valence-corrected chi connectivity index (χ4v) is 2.15. The number of carbonyl (C=O) groups excluding carboxylic acids is 3. The van der Waals surface area contributed by atoms with Gasteiger partial charge in [0.05, 0.1) is 17.8 Å². The van der Waals surface area contributed by atoms with E-state index in [1.165, 1.54) is 6.21 Å². The Hall–Kier alpha value is -3.59. The van der Waals surface area contributed by atoms with E-state index in [0.29, 0.717) is 22.1 Å². The minimum Gasteiger partial charge on any atom is -0.484 e. The molecule has 10 heteroatoms. The molecule has 2 rings (SSSR count). The van der Waals surface area contributed by atoms with Gasteiger partial charge in [-0.3, -0.25) is 14.4 Å². The molecule has 0 fully saturated rings. The number of carbonyl (C=O) groups is 3. The molecule has 0 aliphatic carbocycles. The Morgan fingerprint density at radius 1 is 1.00 bits per heavy atom. The van der Waals surface area contributed by atoms with Crippen molar-refractivity contribution in [3.63, 3.8) is 0 Å². The predicted octanol–water partition coefficient (Wildman–Crippen LogP) is 0.849. The maximum atomic E-state index is 11.7. The summed E-state index contributed by atoms with van der Waals surface area (Å²) in [5.41, 5.74) is 7.97. The molecule has 0 aliphatic heterocycles. The van der Waals surface area contributed by atoms with Crippen molar-refractivity contribution in [1.29, 1.82) is 0 Å². The number of rotatable bonds is 10. The third-order valence-electron chi connectivity index (χ3n) is 3.31. The van der Waals surface area contributed by atoms with Crippen molar-refractivity contribution in [3.05, 3.63) is 59.1 Å². The van der Waals surface area contributed by atoms with Crippen LogP contribution in [0.4, 0.5) is 0 Å². The van der Waals surface area contributed by atoms with E-state index in [2.05, 4.69) is 15.8 Å². The zero-order valence-electron chi connectivity index (χ0n) is 15.3. The number of benzene rings is 2. The molecule has 0 atom stereocenters. The van der Waals surface area contributed by atoms with Gasteiger partial charge in [-0.2, -0.15) is 5.10 Å². The van der Waals surface area contributed by atoms with Crippen LogP contribution in [-0.4, -0.2) is 43.7 Å². The Morgan fingerprint density at radius 2 is 1.72 bits per heavy atom. The van der Waals surface area contributed by atoms with E-state index < -0.39 is 17.7 Å². The highest BCUT2D eigenvalue weighted by Gasteiger charge is 2.07. The molecule has 2 aromatic rings. The quantitative estimate of drug-likeness (QED) is 0.388. The number of primary amides is 1. The van der Waals surface area contributed by atoms with Crippen molar-refractivity contribution in [1.82, 2.24) is 10.7 Å². The Morgan fingerprint density at radius 3 is 2.41 bits per heavy atom. The number of hydrogen-bond donors (Lipinski definition) is 3. The zero-order chi connectivity index (χ0) is 21.1. The fraction of sp³-hybridized carbons (Fsp3) is 0.158.